The molecular weight excluding hydrogens is 286 g/mol. The van der Waals surface area contributed by atoms with Gasteiger partial charge in [-0.2, -0.15) is 5.26 Å². The molecule has 1 aromatic carbocycles. The molecule has 21 heavy (non-hydrogen) atoms. The number of amides is 1. The summed E-state index contributed by atoms with van der Waals surface area (Å²) in [5.74, 6) is -0.265. The topological polar surface area (TPSA) is 65.8 Å². The number of pyridine rings is 1. The Balaban J connectivity index is 1.99. The van der Waals surface area contributed by atoms with Crippen LogP contribution in [-0.4, -0.2) is 16.4 Å². The van der Waals surface area contributed by atoms with Crippen molar-refractivity contribution in [3.63, 3.8) is 0 Å². The van der Waals surface area contributed by atoms with E-state index in [1.165, 1.54) is 6.20 Å². The molecule has 1 aliphatic rings. The van der Waals surface area contributed by atoms with Crippen molar-refractivity contribution < 1.29 is 4.79 Å². The average Bonchev–Trinajstić information content (AvgIpc) is 2.97. The smallest absolute Gasteiger partial charge is 0.254 e. The number of hydrogen-bond acceptors (Lipinski definition) is 3. The van der Waals surface area contributed by atoms with Crippen LogP contribution in [0.1, 0.15) is 36.0 Å². The number of halogens is 1. The Hall–Kier alpha value is -2.12. The summed E-state index contributed by atoms with van der Waals surface area (Å²) in [6.45, 7) is 0. The Labute approximate surface area is 127 Å². The van der Waals surface area contributed by atoms with Gasteiger partial charge in [-0.3, -0.25) is 4.79 Å². The molecule has 0 bridgehead atoms. The maximum atomic E-state index is 12.5. The summed E-state index contributed by atoms with van der Waals surface area (Å²) in [4.78, 5) is 16.6. The van der Waals surface area contributed by atoms with Crippen LogP contribution in [0.25, 0.3) is 10.8 Å². The number of rotatable bonds is 2. The second-order valence-electron chi connectivity index (χ2n) is 5.36. The largest absolute Gasteiger partial charge is 0.334 e. The Morgan fingerprint density at radius 1 is 1.29 bits per heavy atom. The maximum Gasteiger partial charge on any atom is 0.254 e. The van der Waals surface area contributed by atoms with E-state index >= 15 is 0 Å². The number of fused-ring (bicyclic) bond motifs is 1. The Morgan fingerprint density at radius 3 is 2.62 bits per heavy atom. The molecule has 2 aromatic rings. The van der Waals surface area contributed by atoms with Gasteiger partial charge in [0.15, 0.2) is 0 Å². The Bertz CT molecular complexity index is 745. The molecule has 1 amide bonds. The lowest BCUT2D eigenvalue weighted by Crippen LogP contribution is -2.45. The van der Waals surface area contributed by atoms with Crippen LogP contribution in [-0.2, 0) is 0 Å². The Morgan fingerprint density at radius 2 is 1.95 bits per heavy atom. The number of benzene rings is 1. The molecule has 106 valence electrons. The molecular formula is C16H14ClN3O. The van der Waals surface area contributed by atoms with Crippen molar-refractivity contribution in [2.75, 3.05) is 0 Å². The molecule has 0 saturated heterocycles. The van der Waals surface area contributed by atoms with E-state index < -0.39 is 5.54 Å². The van der Waals surface area contributed by atoms with Gasteiger partial charge in [0.2, 0.25) is 0 Å². The first-order valence-corrected chi connectivity index (χ1v) is 7.30. The number of carbonyl (C=O) groups excluding carboxylic acids is 1. The van der Waals surface area contributed by atoms with Gasteiger partial charge in [-0.05, 0) is 31.1 Å². The van der Waals surface area contributed by atoms with Crippen LogP contribution >= 0.6 is 11.6 Å². The van der Waals surface area contributed by atoms with Gasteiger partial charge in [0.05, 0.1) is 11.6 Å². The van der Waals surface area contributed by atoms with E-state index in [-0.39, 0.29) is 5.91 Å². The van der Waals surface area contributed by atoms with Gasteiger partial charge in [0.1, 0.15) is 10.7 Å². The minimum atomic E-state index is -0.738. The quantitative estimate of drug-likeness (QED) is 0.864. The zero-order valence-electron chi connectivity index (χ0n) is 11.4. The predicted octanol–water partition coefficient (Wildman–Crippen LogP) is 3.45. The van der Waals surface area contributed by atoms with Gasteiger partial charge in [0, 0.05) is 11.6 Å². The van der Waals surface area contributed by atoms with Gasteiger partial charge >= 0.3 is 0 Å². The van der Waals surface area contributed by atoms with Crippen LogP contribution in [0.15, 0.2) is 30.5 Å². The SMILES string of the molecule is N#CC1(NC(=O)c2cnc(Cl)c3ccccc23)CCCC1. The molecule has 1 saturated carbocycles. The highest BCUT2D eigenvalue weighted by Crippen LogP contribution is 2.30. The molecule has 0 spiro atoms. The standard InChI is InChI=1S/C16H14ClN3O/c17-14-12-6-2-1-5-11(12)13(9-19-14)15(21)20-16(10-18)7-3-4-8-16/h1-2,5-6,9H,3-4,7-8H2,(H,20,21). The number of carbonyl (C=O) groups is 1. The van der Waals surface area contributed by atoms with Crippen LogP contribution < -0.4 is 5.32 Å². The minimum absolute atomic E-state index is 0.265. The molecule has 0 atom stereocenters. The van der Waals surface area contributed by atoms with Gasteiger partial charge in [0.25, 0.3) is 5.91 Å². The number of hydrogen-bond donors (Lipinski definition) is 1. The van der Waals surface area contributed by atoms with E-state index in [0.717, 1.165) is 23.6 Å². The second-order valence-corrected chi connectivity index (χ2v) is 5.72. The van der Waals surface area contributed by atoms with E-state index in [1.54, 1.807) is 0 Å². The fraction of sp³-hybridized carbons (Fsp3) is 0.312. The highest BCUT2D eigenvalue weighted by molar-refractivity contribution is 6.34. The fourth-order valence-electron chi connectivity index (χ4n) is 2.87. The maximum absolute atomic E-state index is 12.5. The second kappa shape index (κ2) is 5.34. The van der Waals surface area contributed by atoms with Crippen molar-refractivity contribution in [2.24, 2.45) is 0 Å². The van der Waals surface area contributed by atoms with Crippen molar-refractivity contribution >= 4 is 28.3 Å². The van der Waals surface area contributed by atoms with Gasteiger partial charge < -0.3 is 5.32 Å². The van der Waals surface area contributed by atoms with E-state index in [4.69, 9.17) is 11.6 Å². The molecule has 5 heteroatoms. The first-order valence-electron chi connectivity index (χ1n) is 6.92. The Kier molecular flexibility index (Phi) is 3.52. The molecule has 1 aliphatic carbocycles. The van der Waals surface area contributed by atoms with Crippen LogP contribution in [0.4, 0.5) is 0 Å². The molecule has 1 fully saturated rings. The fourth-order valence-corrected chi connectivity index (χ4v) is 3.08. The lowest BCUT2D eigenvalue weighted by atomic mass is 9.98. The first-order chi connectivity index (χ1) is 10.2. The molecule has 0 unspecified atom stereocenters. The number of nitrogens with one attached hydrogen (secondary N) is 1. The minimum Gasteiger partial charge on any atom is -0.334 e. The normalized spacial score (nSPS) is 16.6. The van der Waals surface area contributed by atoms with Crippen molar-refractivity contribution in [1.82, 2.24) is 10.3 Å². The van der Waals surface area contributed by atoms with Crippen LogP contribution in [0.5, 0.6) is 0 Å². The predicted molar refractivity (Wildman–Crippen MR) is 81.0 cm³/mol. The zero-order valence-corrected chi connectivity index (χ0v) is 12.2. The summed E-state index contributed by atoms with van der Waals surface area (Å²) < 4.78 is 0. The lowest BCUT2D eigenvalue weighted by molar-refractivity contribution is 0.0922. The number of nitriles is 1. The lowest BCUT2D eigenvalue weighted by Gasteiger charge is -2.22. The molecule has 0 aliphatic heterocycles. The third kappa shape index (κ3) is 2.45. The van der Waals surface area contributed by atoms with Crippen molar-refractivity contribution in [1.29, 1.82) is 5.26 Å². The van der Waals surface area contributed by atoms with Crippen molar-refractivity contribution in [3.05, 3.63) is 41.2 Å². The number of aromatic nitrogens is 1. The van der Waals surface area contributed by atoms with Crippen LogP contribution in [0.3, 0.4) is 0 Å². The van der Waals surface area contributed by atoms with E-state index in [0.29, 0.717) is 23.6 Å². The summed E-state index contributed by atoms with van der Waals surface area (Å²) in [7, 11) is 0. The monoisotopic (exact) mass is 299 g/mol. The van der Waals surface area contributed by atoms with Gasteiger partial charge in [-0.25, -0.2) is 4.98 Å². The number of nitrogens with zero attached hydrogens (tertiary/aromatic N) is 2. The van der Waals surface area contributed by atoms with E-state index in [1.807, 2.05) is 24.3 Å². The molecule has 1 heterocycles. The summed E-state index contributed by atoms with van der Waals surface area (Å²) in [5.41, 5.74) is -0.283. The van der Waals surface area contributed by atoms with Crippen LogP contribution in [0, 0.1) is 11.3 Å². The van der Waals surface area contributed by atoms with Gasteiger partial charge in [-0.15, -0.1) is 0 Å². The van der Waals surface area contributed by atoms with Crippen molar-refractivity contribution in [3.8, 4) is 6.07 Å². The molecule has 0 radical (unpaired) electrons. The van der Waals surface area contributed by atoms with Crippen molar-refractivity contribution in [2.45, 2.75) is 31.2 Å². The molecule has 4 nitrogen and oxygen atoms in total. The first kappa shape index (κ1) is 13.8. The zero-order chi connectivity index (χ0) is 14.9. The highest BCUT2D eigenvalue weighted by Gasteiger charge is 2.35. The average molecular weight is 300 g/mol. The van der Waals surface area contributed by atoms with E-state index in [9.17, 15) is 10.1 Å². The summed E-state index contributed by atoms with van der Waals surface area (Å²) in [6, 6.07) is 9.63. The summed E-state index contributed by atoms with van der Waals surface area (Å²) in [5, 5.41) is 14.1. The van der Waals surface area contributed by atoms with Crippen LogP contribution in [0.2, 0.25) is 5.15 Å². The third-order valence-electron chi connectivity index (χ3n) is 4.02. The molecule has 1 N–H and O–H groups in total. The third-order valence-corrected chi connectivity index (χ3v) is 4.32. The summed E-state index contributed by atoms with van der Waals surface area (Å²) >= 11 is 6.06. The highest BCUT2D eigenvalue weighted by atomic mass is 35.5. The summed E-state index contributed by atoms with van der Waals surface area (Å²) in [6.07, 6.45) is 4.81. The molecule has 3 rings (SSSR count). The van der Waals surface area contributed by atoms with Gasteiger partial charge in [-0.1, -0.05) is 35.9 Å². The molecule has 1 aromatic heterocycles. The van der Waals surface area contributed by atoms with E-state index in [2.05, 4.69) is 16.4 Å².